The molecule has 1 amide bonds. The second kappa shape index (κ2) is 6.00. The number of aromatic nitrogens is 1. The molecule has 1 unspecified atom stereocenters. The lowest BCUT2D eigenvalue weighted by Gasteiger charge is -2.22. The van der Waals surface area contributed by atoms with Gasteiger partial charge in [0.1, 0.15) is 6.26 Å². The number of hydrogen-bond acceptors (Lipinski definition) is 4. The summed E-state index contributed by atoms with van der Waals surface area (Å²) in [7, 11) is 0. The SMILES string of the molecule is CCC(N)c1nc(C(=O)NC2CCCCC2)co1. The minimum Gasteiger partial charge on any atom is -0.446 e. The molecule has 100 valence electrons. The maximum atomic E-state index is 12.0. The first-order valence-corrected chi connectivity index (χ1v) is 6.72. The first-order chi connectivity index (χ1) is 8.70. The summed E-state index contributed by atoms with van der Waals surface area (Å²) in [5.41, 5.74) is 6.14. The van der Waals surface area contributed by atoms with E-state index in [1.807, 2.05) is 6.92 Å². The summed E-state index contributed by atoms with van der Waals surface area (Å²) >= 11 is 0. The average molecular weight is 251 g/mol. The summed E-state index contributed by atoms with van der Waals surface area (Å²) in [6.07, 6.45) is 7.90. The highest BCUT2D eigenvalue weighted by atomic mass is 16.3. The Bertz CT molecular complexity index is 397. The molecule has 1 fully saturated rings. The number of carbonyl (C=O) groups excluding carboxylic acids is 1. The highest BCUT2D eigenvalue weighted by Crippen LogP contribution is 2.18. The summed E-state index contributed by atoms with van der Waals surface area (Å²) in [5, 5.41) is 3.00. The van der Waals surface area contributed by atoms with E-state index in [2.05, 4.69) is 10.3 Å². The minimum absolute atomic E-state index is 0.153. The van der Waals surface area contributed by atoms with Crippen LogP contribution in [-0.2, 0) is 0 Å². The molecular formula is C13H21N3O2. The Morgan fingerprint density at radius 3 is 2.94 bits per heavy atom. The highest BCUT2D eigenvalue weighted by molar-refractivity contribution is 5.92. The van der Waals surface area contributed by atoms with Gasteiger partial charge < -0.3 is 15.5 Å². The van der Waals surface area contributed by atoms with Gasteiger partial charge in [-0.1, -0.05) is 26.2 Å². The molecule has 2 rings (SSSR count). The zero-order valence-electron chi connectivity index (χ0n) is 10.8. The van der Waals surface area contributed by atoms with E-state index in [1.54, 1.807) is 0 Å². The van der Waals surface area contributed by atoms with Crippen LogP contribution in [0.2, 0.25) is 0 Å². The van der Waals surface area contributed by atoms with Crippen molar-refractivity contribution in [1.29, 1.82) is 0 Å². The molecule has 1 aliphatic rings. The second-order valence-electron chi connectivity index (χ2n) is 4.89. The number of nitrogens with one attached hydrogen (secondary N) is 1. The number of nitrogens with zero attached hydrogens (tertiary/aromatic N) is 1. The zero-order chi connectivity index (χ0) is 13.0. The molecule has 0 saturated heterocycles. The Hall–Kier alpha value is -1.36. The Morgan fingerprint density at radius 2 is 2.28 bits per heavy atom. The molecule has 1 aliphatic carbocycles. The van der Waals surface area contributed by atoms with Crippen LogP contribution in [0.4, 0.5) is 0 Å². The number of oxazole rings is 1. The molecule has 18 heavy (non-hydrogen) atoms. The summed E-state index contributed by atoms with van der Waals surface area (Å²) in [6.45, 7) is 1.95. The van der Waals surface area contributed by atoms with Crippen LogP contribution in [-0.4, -0.2) is 16.9 Å². The van der Waals surface area contributed by atoms with Crippen LogP contribution in [0, 0.1) is 0 Å². The van der Waals surface area contributed by atoms with Gasteiger partial charge in [-0.15, -0.1) is 0 Å². The Labute approximate surface area is 107 Å². The lowest BCUT2D eigenvalue weighted by atomic mass is 9.95. The molecule has 3 N–H and O–H groups in total. The van der Waals surface area contributed by atoms with E-state index >= 15 is 0 Å². The molecule has 5 nitrogen and oxygen atoms in total. The van der Waals surface area contributed by atoms with Crippen molar-refractivity contribution >= 4 is 5.91 Å². The minimum atomic E-state index is -0.235. The lowest BCUT2D eigenvalue weighted by molar-refractivity contribution is 0.0922. The molecule has 5 heteroatoms. The van der Waals surface area contributed by atoms with Gasteiger partial charge in [-0.25, -0.2) is 4.98 Å². The maximum Gasteiger partial charge on any atom is 0.273 e. The summed E-state index contributed by atoms with van der Waals surface area (Å²) < 4.78 is 5.23. The molecular weight excluding hydrogens is 230 g/mol. The van der Waals surface area contributed by atoms with E-state index in [0.717, 1.165) is 19.3 Å². The van der Waals surface area contributed by atoms with Crippen molar-refractivity contribution in [3.8, 4) is 0 Å². The lowest BCUT2D eigenvalue weighted by Crippen LogP contribution is -2.36. The summed E-state index contributed by atoms with van der Waals surface area (Å²) in [5.74, 6) is 0.284. The van der Waals surface area contributed by atoms with Crippen LogP contribution in [0.25, 0.3) is 0 Å². The van der Waals surface area contributed by atoms with E-state index in [9.17, 15) is 4.79 Å². The molecule has 0 spiro atoms. The molecule has 1 saturated carbocycles. The van der Waals surface area contributed by atoms with Crippen molar-refractivity contribution in [1.82, 2.24) is 10.3 Å². The van der Waals surface area contributed by atoms with E-state index in [0.29, 0.717) is 11.6 Å². The average Bonchev–Trinajstić information content (AvgIpc) is 2.88. The van der Waals surface area contributed by atoms with Crippen molar-refractivity contribution in [2.45, 2.75) is 57.5 Å². The van der Waals surface area contributed by atoms with Crippen molar-refractivity contribution in [2.75, 3.05) is 0 Å². The number of amides is 1. The number of carbonyl (C=O) groups is 1. The number of rotatable bonds is 4. The second-order valence-corrected chi connectivity index (χ2v) is 4.89. The molecule has 0 aliphatic heterocycles. The molecule has 0 bridgehead atoms. The van der Waals surface area contributed by atoms with Crippen LogP contribution in [0.5, 0.6) is 0 Å². The van der Waals surface area contributed by atoms with Crippen LogP contribution in [0.15, 0.2) is 10.7 Å². The van der Waals surface area contributed by atoms with Crippen LogP contribution in [0.1, 0.15) is 67.9 Å². The van der Waals surface area contributed by atoms with Gasteiger partial charge >= 0.3 is 0 Å². The summed E-state index contributed by atoms with van der Waals surface area (Å²) in [4.78, 5) is 16.1. The molecule has 1 aromatic rings. The number of nitrogens with two attached hydrogens (primary N) is 1. The van der Waals surface area contributed by atoms with E-state index in [4.69, 9.17) is 10.2 Å². The monoisotopic (exact) mass is 251 g/mol. The van der Waals surface area contributed by atoms with Gasteiger partial charge in [0, 0.05) is 6.04 Å². The van der Waals surface area contributed by atoms with Crippen molar-refractivity contribution < 1.29 is 9.21 Å². The highest BCUT2D eigenvalue weighted by Gasteiger charge is 2.20. The van der Waals surface area contributed by atoms with Crippen LogP contribution < -0.4 is 11.1 Å². The van der Waals surface area contributed by atoms with Gasteiger partial charge in [-0.3, -0.25) is 4.79 Å². The molecule has 0 aromatic carbocycles. The normalized spacial score (nSPS) is 18.6. The quantitative estimate of drug-likeness (QED) is 0.859. The fraction of sp³-hybridized carbons (Fsp3) is 0.692. The third kappa shape index (κ3) is 3.10. The van der Waals surface area contributed by atoms with Crippen LogP contribution >= 0.6 is 0 Å². The van der Waals surface area contributed by atoms with E-state index in [1.165, 1.54) is 25.5 Å². The Balaban J connectivity index is 1.93. The third-order valence-electron chi connectivity index (χ3n) is 3.45. The van der Waals surface area contributed by atoms with Gasteiger partial charge in [-0.2, -0.15) is 0 Å². The first-order valence-electron chi connectivity index (χ1n) is 6.72. The topological polar surface area (TPSA) is 81.1 Å². The van der Waals surface area contributed by atoms with Gasteiger partial charge in [0.2, 0.25) is 5.89 Å². The largest absolute Gasteiger partial charge is 0.446 e. The molecule has 1 aromatic heterocycles. The predicted octanol–water partition coefficient (Wildman–Crippen LogP) is 2.15. The molecule has 1 heterocycles. The fourth-order valence-corrected chi connectivity index (χ4v) is 2.24. The van der Waals surface area contributed by atoms with Gasteiger partial charge in [-0.05, 0) is 19.3 Å². The zero-order valence-corrected chi connectivity index (χ0v) is 10.8. The predicted molar refractivity (Wildman–Crippen MR) is 68.1 cm³/mol. The van der Waals surface area contributed by atoms with E-state index in [-0.39, 0.29) is 18.0 Å². The summed E-state index contributed by atoms with van der Waals surface area (Å²) in [6, 6.07) is 0.0486. The van der Waals surface area contributed by atoms with Gasteiger partial charge in [0.05, 0.1) is 6.04 Å². The van der Waals surface area contributed by atoms with Crippen molar-refractivity contribution in [3.05, 3.63) is 17.8 Å². The van der Waals surface area contributed by atoms with Crippen molar-refractivity contribution in [3.63, 3.8) is 0 Å². The van der Waals surface area contributed by atoms with Crippen molar-refractivity contribution in [2.24, 2.45) is 5.73 Å². The van der Waals surface area contributed by atoms with E-state index < -0.39 is 0 Å². The third-order valence-corrected chi connectivity index (χ3v) is 3.45. The number of hydrogen-bond donors (Lipinski definition) is 2. The Morgan fingerprint density at radius 1 is 1.56 bits per heavy atom. The molecule has 1 atom stereocenters. The molecule has 0 radical (unpaired) electrons. The standard InChI is InChI=1S/C13H21N3O2/c1-2-10(14)13-16-11(8-18-13)12(17)15-9-6-4-3-5-7-9/h8-10H,2-7,14H2,1H3,(H,15,17). The smallest absolute Gasteiger partial charge is 0.273 e. The fourth-order valence-electron chi connectivity index (χ4n) is 2.24. The first kappa shape index (κ1) is 13.1. The van der Waals surface area contributed by atoms with Gasteiger partial charge in [0.25, 0.3) is 5.91 Å². The Kier molecular flexibility index (Phi) is 4.36. The van der Waals surface area contributed by atoms with Crippen LogP contribution in [0.3, 0.4) is 0 Å². The van der Waals surface area contributed by atoms with Gasteiger partial charge in [0.15, 0.2) is 5.69 Å². The maximum absolute atomic E-state index is 12.0.